The fourth-order valence-corrected chi connectivity index (χ4v) is 1.33. The summed E-state index contributed by atoms with van der Waals surface area (Å²) in [5, 5.41) is 13.1. The quantitative estimate of drug-likeness (QED) is 0.362. The standard InChI is InChI=1S/C10H7NO2.Li/c12-9-6-5-7-3-1-2-4-8(7)10(9)11-13;/h1-6,13H;/q;+1/p-1/b11-10-;. The van der Waals surface area contributed by atoms with Crippen LogP contribution in [0, 0.1) is 5.21 Å². The Morgan fingerprint density at radius 3 is 2.57 bits per heavy atom. The van der Waals surface area contributed by atoms with Crippen LogP contribution in [0.25, 0.3) is 6.08 Å². The molecule has 1 aliphatic rings. The molecule has 0 heterocycles. The molecule has 0 bridgehead atoms. The summed E-state index contributed by atoms with van der Waals surface area (Å²) in [5.74, 6) is -0.325. The van der Waals surface area contributed by atoms with E-state index < -0.39 is 0 Å². The average molecular weight is 179 g/mol. The Hall–Kier alpha value is -1.30. The third-order valence-electron chi connectivity index (χ3n) is 1.95. The predicted molar refractivity (Wildman–Crippen MR) is 50.4 cm³/mol. The molecular weight excluding hydrogens is 173 g/mol. The van der Waals surface area contributed by atoms with Gasteiger partial charge in [-0.2, -0.15) is 0 Å². The van der Waals surface area contributed by atoms with Crippen LogP contribution in [0.3, 0.4) is 0 Å². The molecule has 0 aromatic heterocycles. The minimum atomic E-state index is -0.325. The molecule has 3 nitrogen and oxygen atoms in total. The van der Waals surface area contributed by atoms with Gasteiger partial charge in [0.1, 0.15) is 5.71 Å². The van der Waals surface area contributed by atoms with E-state index in [4.69, 9.17) is 0 Å². The minimum absolute atomic E-state index is 0. The molecule has 1 aromatic carbocycles. The second-order valence-corrected chi connectivity index (χ2v) is 2.72. The summed E-state index contributed by atoms with van der Waals surface area (Å²) in [6.07, 6.45) is 3.05. The molecular formula is C10H6LiNO2. The van der Waals surface area contributed by atoms with Gasteiger partial charge in [-0.3, -0.25) is 4.79 Å². The zero-order chi connectivity index (χ0) is 9.26. The Morgan fingerprint density at radius 1 is 1.14 bits per heavy atom. The Bertz CT molecular complexity index is 424. The van der Waals surface area contributed by atoms with Gasteiger partial charge in [0.15, 0.2) is 0 Å². The molecule has 0 atom stereocenters. The van der Waals surface area contributed by atoms with Crippen LogP contribution in [0.5, 0.6) is 0 Å². The van der Waals surface area contributed by atoms with Crippen LogP contribution in [0.4, 0.5) is 0 Å². The largest absolute Gasteiger partial charge is 1.00 e. The number of fused-ring (bicyclic) bond motifs is 1. The van der Waals surface area contributed by atoms with Gasteiger partial charge in [0.2, 0.25) is 5.78 Å². The molecule has 0 unspecified atom stereocenters. The van der Waals surface area contributed by atoms with Gasteiger partial charge in [-0.1, -0.05) is 30.3 Å². The molecule has 14 heavy (non-hydrogen) atoms. The first-order chi connectivity index (χ1) is 6.33. The Balaban J connectivity index is 0.000000980. The van der Waals surface area contributed by atoms with Gasteiger partial charge in [0, 0.05) is 5.56 Å². The molecule has 0 saturated carbocycles. The van der Waals surface area contributed by atoms with Crippen molar-refractivity contribution in [3.8, 4) is 0 Å². The summed E-state index contributed by atoms with van der Waals surface area (Å²) < 4.78 is 0. The van der Waals surface area contributed by atoms with E-state index in [1.54, 1.807) is 18.2 Å². The van der Waals surface area contributed by atoms with E-state index in [-0.39, 0.29) is 30.4 Å². The molecule has 0 aliphatic heterocycles. The Kier molecular flexibility index (Phi) is 3.29. The second-order valence-electron chi connectivity index (χ2n) is 2.72. The van der Waals surface area contributed by atoms with Crippen molar-refractivity contribution < 1.29 is 23.7 Å². The Labute approximate surface area is 93.3 Å². The van der Waals surface area contributed by atoms with Crippen LogP contribution in [0.2, 0.25) is 0 Å². The van der Waals surface area contributed by atoms with Crippen LogP contribution in [-0.4, -0.2) is 11.5 Å². The number of rotatable bonds is 0. The second kappa shape index (κ2) is 4.27. The van der Waals surface area contributed by atoms with Crippen molar-refractivity contribution in [3.63, 3.8) is 0 Å². The van der Waals surface area contributed by atoms with Gasteiger partial charge in [-0.05, 0) is 11.6 Å². The number of benzene rings is 1. The Morgan fingerprint density at radius 2 is 1.86 bits per heavy atom. The molecule has 2 rings (SSSR count). The maximum absolute atomic E-state index is 11.2. The molecule has 0 fully saturated rings. The molecule has 4 heteroatoms. The van der Waals surface area contributed by atoms with E-state index in [1.807, 2.05) is 12.1 Å². The summed E-state index contributed by atoms with van der Waals surface area (Å²) >= 11 is 0. The van der Waals surface area contributed by atoms with E-state index in [1.165, 1.54) is 6.08 Å². The molecule has 0 saturated heterocycles. The van der Waals surface area contributed by atoms with E-state index in [2.05, 4.69) is 5.16 Å². The van der Waals surface area contributed by atoms with E-state index >= 15 is 0 Å². The van der Waals surface area contributed by atoms with Crippen molar-refractivity contribution in [1.29, 1.82) is 0 Å². The topological polar surface area (TPSA) is 52.5 Å². The number of ketones is 1. The maximum Gasteiger partial charge on any atom is 1.00 e. The van der Waals surface area contributed by atoms with Crippen LogP contribution in [0.1, 0.15) is 11.1 Å². The molecule has 0 amide bonds. The number of carbonyl (C=O) groups excluding carboxylic acids is 1. The number of hydrogen-bond donors (Lipinski definition) is 0. The number of nitrogens with zero attached hydrogens (tertiary/aromatic N) is 1. The molecule has 64 valence electrons. The fourth-order valence-electron chi connectivity index (χ4n) is 1.33. The van der Waals surface area contributed by atoms with Crippen molar-refractivity contribution in [2.24, 2.45) is 5.16 Å². The summed E-state index contributed by atoms with van der Waals surface area (Å²) in [4.78, 5) is 11.2. The third-order valence-corrected chi connectivity index (χ3v) is 1.95. The number of allylic oxidation sites excluding steroid dienone is 1. The van der Waals surface area contributed by atoms with Gasteiger partial charge in [-0.15, -0.1) is 0 Å². The first-order valence-electron chi connectivity index (χ1n) is 3.85. The molecule has 0 radical (unpaired) electrons. The predicted octanol–water partition coefficient (Wildman–Crippen LogP) is -1.43. The van der Waals surface area contributed by atoms with Crippen molar-refractivity contribution in [2.45, 2.75) is 0 Å². The van der Waals surface area contributed by atoms with E-state index in [9.17, 15) is 10.0 Å². The van der Waals surface area contributed by atoms with Gasteiger partial charge in [0.05, 0.1) is 0 Å². The van der Waals surface area contributed by atoms with Crippen LogP contribution in [-0.2, 0) is 4.79 Å². The van der Waals surface area contributed by atoms with Crippen molar-refractivity contribution in [3.05, 3.63) is 46.7 Å². The van der Waals surface area contributed by atoms with Crippen molar-refractivity contribution in [1.82, 2.24) is 0 Å². The van der Waals surface area contributed by atoms with Crippen LogP contribution in [0.15, 0.2) is 35.5 Å². The minimum Gasteiger partial charge on any atom is -0.791 e. The zero-order valence-electron chi connectivity index (χ0n) is 7.73. The zero-order valence-corrected chi connectivity index (χ0v) is 7.73. The summed E-state index contributed by atoms with van der Waals surface area (Å²) in [6, 6.07) is 7.18. The molecule has 0 N–H and O–H groups in total. The fraction of sp³-hybridized carbons (Fsp3) is 0. The van der Waals surface area contributed by atoms with Crippen molar-refractivity contribution in [2.75, 3.05) is 0 Å². The average Bonchev–Trinajstić information content (AvgIpc) is 2.18. The van der Waals surface area contributed by atoms with Gasteiger partial charge >= 0.3 is 18.9 Å². The van der Waals surface area contributed by atoms with Gasteiger partial charge in [0.25, 0.3) is 0 Å². The SMILES string of the molecule is O=C1C=Cc2ccccc2/C1=N/[O-].[Li+]. The molecule has 1 aliphatic carbocycles. The van der Waals surface area contributed by atoms with Crippen LogP contribution >= 0.6 is 0 Å². The van der Waals surface area contributed by atoms with E-state index in [0.717, 1.165) is 5.56 Å². The monoisotopic (exact) mass is 179 g/mol. The smallest absolute Gasteiger partial charge is 0.791 e. The van der Waals surface area contributed by atoms with E-state index in [0.29, 0.717) is 5.56 Å². The van der Waals surface area contributed by atoms with Gasteiger partial charge < -0.3 is 10.4 Å². The van der Waals surface area contributed by atoms with Crippen molar-refractivity contribution >= 4 is 17.6 Å². The normalized spacial score (nSPS) is 16.3. The third kappa shape index (κ3) is 1.65. The first-order valence-corrected chi connectivity index (χ1v) is 3.85. The summed E-state index contributed by atoms with van der Waals surface area (Å²) in [7, 11) is 0. The summed E-state index contributed by atoms with van der Waals surface area (Å²) in [5.41, 5.74) is 1.47. The maximum atomic E-state index is 11.2. The van der Waals surface area contributed by atoms with Gasteiger partial charge in [-0.25, -0.2) is 0 Å². The van der Waals surface area contributed by atoms with Crippen LogP contribution < -0.4 is 18.9 Å². The first kappa shape index (κ1) is 10.8. The number of carbonyl (C=O) groups is 1. The summed E-state index contributed by atoms with van der Waals surface area (Å²) in [6.45, 7) is 0. The molecule has 1 aromatic rings. The molecule has 0 spiro atoms. The number of hydrogen-bond acceptors (Lipinski definition) is 3.